The fourth-order valence-electron chi connectivity index (χ4n) is 2.70. The Hall–Kier alpha value is -3.73. The first-order chi connectivity index (χ1) is 12.8. The van der Waals surface area contributed by atoms with Crippen LogP contribution in [0.25, 0.3) is 22.2 Å². The zero-order valence-corrected chi connectivity index (χ0v) is 13.9. The van der Waals surface area contributed by atoms with Crippen LogP contribution in [-0.4, -0.2) is 22.1 Å². The molecule has 0 atom stereocenters. The van der Waals surface area contributed by atoms with Crippen molar-refractivity contribution in [3.63, 3.8) is 0 Å². The van der Waals surface area contributed by atoms with Gasteiger partial charge in [0.1, 0.15) is 0 Å². The molecule has 0 spiro atoms. The van der Waals surface area contributed by atoms with Crippen LogP contribution in [0.2, 0.25) is 0 Å². The largest absolute Gasteiger partial charge is 0.345 e. The highest BCUT2D eigenvalue weighted by Gasteiger charge is 2.06. The maximum Gasteiger partial charge on any atom is 0.271 e. The number of nitrogens with zero attached hydrogens (tertiary/aromatic N) is 2. The van der Waals surface area contributed by atoms with Gasteiger partial charge in [0.25, 0.3) is 5.91 Å². The summed E-state index contributed by atoms with van der Waals surface area (Å²) in [5.74, 6) is -0.265. The van der Waals surface area contributed by atoms with Crippen molar-refractivity contribution < 1.29 is 4.79 Å². The highest BCUT2D eigenvalue weighted by molar-refractivity contribution is 5.97. The number of hydrazone groups is 1. The lowest BCUT2D eigenvalue weighted by Gasteiger charge is -2.02. The number of rotatable bonds is 4. The molecule has 5 heteroatoms. The Morgan fingerprint density at radius 1 is 0.962 bits per heavy atom. The number of imidazole rings is 1. The molecule has 2 N–H and O–H groups in total. The molecule has 0 aliphatic rings. The van der Waals surface area contributed by atoms with Gasteiger partial charge in [0, 0.05) is 5.56 Å². The molecule has 0 radical (unpaired) electrons. The van der Waals surface area contributed by atoms with Crippen molar-refractivity contribution in [2.45, 2.75) is 0 Å². The quantitative estimate of drug-likeness (QED) is 0.435. The maximum atomic E-state index is 12.2. The minimum absolute atomic E-state index is 0.265. The van der Waals surface area contributed by atoms with E-state index in [2.05, 4.69) is 32.6 Å². The van der Waals surface area contributed by atoms with E-state index >= 15 is 0 Å². The third-order valence-electron chi connectivity index (χ3n) is 4.08. The lowest BCUT2D eigenvalue weighted by Crippen LogP contribution is -2.17. The summed E-state index contributed by atoms with van der Waals surface area (Å²) in [7, 11) is 0. The van der Waals surface area contributed by atoms with Crippen molar-refractivity contribution in [1.82, 2.24) is 15.4 Å². The number of nitrogens with one attached hydrogen (secondary N) is 2. The zero-order valence-electron chi connectivity index (χ0n) is 13.9. The monoisotopic (exact) mass is 340 g/mol. The molecule has 0 bridgehead atoms. The number of amides is 1. The summed E-state index contributed by atoms with van der Waals surface area (Å²) in [6, 6.07) is 23.4. The summed E-state index contributed by atoms with van der Waals surface area (Å²) in [6.45, 7) is 0. The highest BCUT2D eigenvalue weighted by Crippen LogP contribution is 2.18. The van der Waals surface area contributed by atoms with E-state index < -0.39 is 0 Å². The van der Waals surface area contributed by atoms with Crippen molar-refractivity contribution >= 4 is 23.2 Å². The number of hydrogen-bond acceptors (Lipinski definition) is 3. The van der Waals surface area contributed by atoms with Crippen LogP contribution in [0.15, 0.2) is 84.2 Å². The van der Waals surface area contributed by atoms with Crippen molar-refractivity contribution in [2.75, 3.05) is 0 Å². The Labute approximate surface area is 150 Å². The van der Waals surface area contributed by atoms with Crippen LogP contribution in [0.3, 0.4) is 0 Å². The van der Waals surface area contributed by atoms with Gasteiger partial charge in [-0.05, 0) is 34.9 Å². The standard InChI is InChI=1S/C21H16N4O/c26-21(18-10-11-19-20(12-18)23-14-22-19)25-24-13-15-6-8-17(9-7-15)16-4-2-1-3-5-16/h1-14H,(H,22,23)(H,25,26)/b24-13-. The Bertz CT molecular complexity index is 1070. The normalized spacial score (nSPS) is 11.1. The molecule has 3 aromatic carbocycles. The van der Waals surface area contributed by atoms with Gasteiger partial charge in [-0.15, -0.1) is 0 Å². The first-order valence-corrected chi connectivity index (χ1v) is 8.22. The van der Waals surface area contributed by atoms with Gasteiger partial charge >= 0.3 is 0 Å². The van der Waals surface area contributed by atoms with Crippen LogP contribution >= 0.6 is 0 Å². The average molecular weight is 340 g/mol. The number of aromatic amines is 1. The van der Waals surface area contributed by atoms with E-state index in [-0.39, 0.29) is 5.91 Å². The fraction of sp³-hybridized carbons (Fsp3) is 0. The summed E-state index contributed by atoms with van der Waals surface area (Å²) < 4.78 is 0. The first kappa shape index (κ1) is 15.8. The molecule has 4 rings (SSSR count). The minimum atomic E-state index is -0.265. The Morgan fingerprint density at radius 3 is 2.54 bits per heavy atom. The van der Waals surface area contributed by atoms with E-state index in [1.54, 1.807) is 30.7 Å². The van der Waals surface area contributed by atoms with Crippen LogP contribution in [-0.2, 0) is 0 Å². The molecule has 4 aromatic rings. The van der Waals surface area contributed by atoms with Crippen molar-refractivity contribution in [2.24, 2.45) is 5.10 Å². The summed E-state index contributed by atoms with van der Waals surface area (Å²) in [6.07, 6.45) is 3.23. The molecule has 0 aliphatic heterocycles. The number of aromatic nitrogens is 2. The minimum Gasteiger partial charge on any atom is -0.345 e. The molecule has 0 fully saturated rings. The molecule has 1 amide bonds. The Balaban J connectivity index is 1.42. The Morgan fingerprint density at radius 2 is 1.73 bits per heavy atom. The predicted octanol–water partition coefficient (Wildman–Crippen LogP) is 3.99. The van der Waals surface area contributed by atoms with Gasteiger partial charge in [0.15, 0.2) is 0 Å². The van der Waals surface area contributed by atoms with Crippen LogP contribution in [0.4, 0.5) is 0 Å². The van der Waals surface area contributed by atoms with Crippen LogP contribution in [0.5, 0.6) is 0 Å². The molecule has 0 saturated carbocycles. The molecule has 1 heterocycles. The molecular formula is C21H16N4O. The SMILES string of the molecule is O=C(N/N=C\c1ccc(-c2ccccc2)cc1)c1ccc2nc[nH]c2c1. The summed E-state index contributed by atoms with van der Waals surface area (Å²) in [4.78, 5) is 19.3. The Kier molecular flexibility index (Phi) is 4.26. The van der Waals surface area contributed by atoms with Gasteiger partial charge in [-0.3, -0.25) is 4.79 Å². The van der Waals surface area contributed by atoms with Gasteiger partial charge in [-0.1, -0.05) is 54.6 Å². The molecule has 0 aliphatic carbocycles. The molecule has 126 valence electrons. The third kappa shape index (κ3) is 3.37. The number of benzene rings is 3. The number of fused-ring (bicyclic) bond motifs is 1. The summed E-state index contributed by atoms with van der Waals surface area (Å²) in [5, 5.41) is 4.04. The second-order valence-electron chi connectivity index (χ2n) is 5.82. The van der Waals surface area contributed by atoms with E-state index in [1.165, 1.54) is 5.56 Å². The van der Waals surface area contributed by atoms with Gasteiger partial charge in [0.2, 0.25) is 0 Å². The van der Waals surface area contributed by atoms with E-state index in [1.807, 2.05) is 42.5 Å². The van der Waals surface area contributed by atoms with Gasteiger partial charge in [0.05, 0.1) is 23.6 Å². The number of hydrogen-bond donors (Lipinski definition) is 2. The van der Waals surface area contributed by atoms with Crippen molar-refractivity contribution in [3.8, 4) is 11.1 Å². The van der Waals surface area contributed by atoms with Crippen LogP contribution in [0.1, 0.15) is 15.9 Å². The van der Waals surface area contributed by atoms with Gasteiger partial charge < -0.3 is 4.98 Å². The second-order valence-corrected chi connectivity index (χ2v) is 5.82. The first-order valence-electron chi connectivity index (χ1n) is 8.22. The van der Waals surface area contributed by atoms with E-state index in [0.29, 0.717) is 5.56 Å². The van der Waals surface area contributed by atoms with E-state index in [9.17, 15) is 4.79 Å². The zero-order chi connectivity index (χ0) is 17.8. The third-order valence-corrected chi connectivity index (χ3v) is 4.08. The molecule has 0 saturated heterocycles. The fourth-order valence-corrected chi connectivity index (χ4v) is 2.70. The van der Waals surface area contributed by atoms with Gasteiger partial charge in [-0.2, -0.15) is 5.10 Å². The maximum absolute atomic E-state index is 12.2. The lowest BCUT2D eigenvalue weighted by molar-refractivity contribution is 0.0955. The highest BCUT2D eigenvalue weighted by atomic mass is 16.2. The van der Waals surface area contributed by atoms with Gasteiger partial charge in [-0.25, -0.2) is 10.4 Å². The predicted molar refractivity (Wildman–Crippen MR) is 103 cm³/mol. The van der Waals surface area contributed by atoms with Crippen LogP contribution in [0, 0.1) is 0 Å². The molecule has 5 nitrogen and oxygen atoms in total. The summed E-state index contributed by atoms with van der Waals surface area (Å²) in [5.41, 5.74) is 7.93. The smallest absolute Gasteiger partial charge is 0.271 e. The van der Waals surface area contributed by atoms with Crippen molar-refractivity contribution in [3.05, 3.63) is 90.3 Å². The van der Waals surface area contributed by atoms with E-state index in [4.69, 9.17) is 0 Å². The number of carbonyl (C=O) groups excluding carboxylic acids is 1. The van der Waals surface area contributed by atoms with Crippen molar-refractivity contribution in [1.29, 1.82) is 0 Å². The number of carbonyl (C=O) groups is 1. The topological polar surface area (TPSA) is 70.1 Å². The summed E-state index contributed by atoms with van der Waals surface area (Å²) >= 11 is 0. The molecule has 0 unspecified atom stereocenters. The average Bonchev–Trinajstić information content (AvgIpc) is 3.17. The van der Waals surface area contributed by atoms with E-state index in [0.717, 1.165) is 22.2 Å². The molecule has 1 aromatic heterocycles. The second kappa shape index (κ2) is 7.03. The molecule has 26 heavy (non-hydrogen) atoms. The van der Waals surface area contributed by atoms with Crippen LogP contribution < -0.4 is 5.43 Å². The lowest BCUT2D eigenvalue weighted by atomic mass is 10.0. The molecular weight excluding hydrogens is 324 g/mol. The number of H-pyrrole nitrogens is 1.